The lowest BCUT2D eigenvalue weighted by atomic mass is 9.94. The van der Waals surface area contributed by atoms with Crippen molar-refractivity contribution in [2.24, 2.45) is 0 Å². The van der Waals surface area contributed by atoms with Crippen LogP contribution in [0.25, 0.3) is 0 Å². The molecular formula is C13H16N2O5. The Labute approximate surface area is 115 Å². The molecule has 1 fully saturated rings. The molecule has 0 aliphatic carbocycles. The number of aromatic hydroxyl groups is 1. The summed E-state index contributed by atoms with van der Waals surface area (Å²) < 4.78 is 5.43. The van der Waals surface area contributed by atoms with Crippen LogP contribution in [0.5, 0.6) is 5.75 Å². The largest absolute Gasteiger partial charge is 0.502 e. The first-order valence-corrected chi connectivity index (χ1v) is 6.25. The summed E-state index contributed by atoms with van der Waals surface area (Å²) in [5.74, 6) is -0.918. The van der Waals surface area contributed by atoms with E-state index in [2.05, 4.69) is 5.32 Å². The molecule has 0 radical (unpaired) electrons. The Morgan fingerprint density at radius 2 is 2.30 bits per heavy atom. The number of phenols is 1. The van der Waals surface area contributed by atoms with Gasteiger partial charge in [-0.1, -0.05) is 0 Å². The fraction of sp³-hybridized carbons (Fsp3) is 0.462. The highest BCUT2D eigenvalue weighted by Crippen LogP contribution is 2.28. The number of amides is 1. The molecule has 2 atom stereocenters. The number of rotatable bonds is 3. The lowest BCUT2D eigenvalue weighted by Gasteiger charge is -2.28. The van der Waals surface area contributed by atoms with Crippen molar-refractivity contribution in [2.45, 2.75) is 31.9 Å². The smallest absolute Gasteiger partial charge is 0.310 e. The Bertz CT molecular complexity index is 560. The summed E-state index contributed by atoms with van der Waals surface area (Å²) in [5, 5.41) is 23.0. The van der Waals surface area contributed by atoms with E-state index in [0.29, 0.717) is 13.0 Å². The molecule has 2 unspecified atom stereocenters. The third-order valence-electron chi connectivity index (χ3n) is 3.72. The van der Waals surface area contributed by atoms with Crippen molar-refractivity contribution >= 4 is 11.6 Å². The van der Waals surface area contributed by atoms with Gasteiger partial charge in [-0.15, -0.1) is 0 Å². The van der Waals surface area contributed by atoms with Gasteiger partial charge >= 0.3 is 5.69 Å². The standard InChI is InChI=1S/C13H16N2O5/c1-8-13(2,5-6-20-8)14-12(17)9-3-4-10(15(18)19)11(16)7-9/h3-4,7-8,16H,5-6H2,1-2H3,(H,14,17). The summed E-state index contributed by atoms with van der Waals surface area (Å²) in [6, 6.07) is 3.52. The summed E-state index contributed by atoms with van der Waals surface area (Å²) in [5.41, 5.74) is -0.729. The maximum atomic E-state index is 12.1. The number of nitrogens with zero attached hydrogens (tertiary/aromatic N) is 1. The minimum atomic E-state index is -0.703. The summed E-state index contributed by atoms with van der Waals surface area (Å²) >= 11 is 0. The zero-order valence-electron chi connectivity index (χ0n) is 11.3. The van der Waals surface area contributed by atoms with E-state index in [1.807, 2.05) is 13.8 Å². The number of hydrogen-bond donors (Lipinski definition) is 2. The highest BCUT2D eigenvalue weighted by molar-refractivity contribution is 5.95. The Morgan fingerprint density at radius 3 is 2.80 bits per heavy atom. The van der Waals surface area contributed by atoms with Crippen molar-refractivity contribution in [3.8, 4) is 5.75 Å². The van der Waals surface area contributed by atoms with Crippen LogP contribution in [-0.2, 0) is 4.74 Å². The van der Waals surface area contributed by atoms with Crippen LogP contribution in [0.4, 0.5) is 5.69 Å². The molecule has 7 nitrogen and oxygen atoms in total. The Kier molecular flexibility index (Phi) is 3.63. The topological polar surface area (TPSA) is 102 Å². The number of ether oxygens (including phenoxy) is 1. The lowest BCUT2D eigenvalue weighted by Crippen LogP contribution is -2.50. The number of nitrogens with one attached hydrogen (secondary N) is 1. The molecule has 7 heteroatoms. The van der Waals surface area contributed by atoms with Crippen molar-refractivity contribution in [3.63, 3.8) is 0 Å². The number of nitro groups is 1. The highest BCUT2D eigenvalue weighted by atomic mass is 16.6. The van der Waals surface area contributed by atoms with Gasteiger partial charge in [0.25, 0.3) is 5.91 Å². The van der Waals surface area contributed by atoms with Crippen molar-refractivity contribution < 1.29 is 19.6 Å². The normalized spacial score (nSPS) is 25.4. The SMILES string of the molecule is CC1OCCC1(C)NC(=O)c1ccc([N+](=O)[O-])c(O)c1. The molecule has 20 heavy (non-hydrogen) atoms. The summed E-state index contributed by atoms with van der Waals surface area (Å²) in [4.78, 5) is 22.0. The Hall–Kier alpha value is -2.15. The van der Waals surface area contributed by atoms with Gasteiger partial charge in [0, 0.05) is 18.2 Å². The van der Waals surface area contributed by atoms with Gasteiger partial charge in [-0.2, -0.15) is 0 Å². The molecule has 0 bridgehead atoms. The van der Waals surface area contributed by atoms with Crippen molar-refractivity contribution in [1.29, 1.82) is 0 Å². The zero-order chi connectivity index (χ0) is 14.9. The second-order valence-corrected chi connectivity index (χ2v) is 5.10. The Balaban J connectivity index is 2.18. The zero-order valence-corrected chi connectivity index (χ0v) is 11.3. The fourth-order valence-electron chi connectivity index (χ4n) is 2.15. The number of carbonyl (C=O) groups excluding carboxylic acids is 1. The van der Waals surface area contributed by atoms with Crippen LogP contribution >= 0.6 is 0 Å². The van der Waals surface area contributed by atoms with E-state index < -0.39 is 27.8 Å². The van der Waals surface area contributed by atoms with Gasteiger partial charge in [-0.05, 0) is 32.4 Å². The first kappa shape index (κ1) is 14.3. The predicted molar refractivity (Wildman–Crippen MR) is 70.7 cm³/mol. The average molecular weight is 280 g/mol. The molecule has 2 N–H and O–H groups in total. The third kappa shape index (κ3) is 2.57. The van der Waals surface area contributed by atoms with Crippen LogP contribution in [0.3, 0.4) is 0 Å². The summed E-state index contributed by atoms with van der Waals surface area (Å²) in [7, 11) is 0. The van der Waals surface area contributed by atoms with Gasteiger partial charge in [0.15, 0.2) is 5.75 Å². The molecule has 1 amide bonds. The predicted octanol–water partition coefficient (Wildman–Crippen LogP) is 1.60. The molecule has 1 aromatic carbocycles. The number of benzene rings is 1. The van der Waals surface area contributed by atoms with E-state index in [-0.39, 0.29) is 11.7 Å². The highest BCUT2D eigenvalue weighted by Gasteiger charge is 2.38. The number of carbonyl (C=O) groups is 1. The second-order valence-electron chi connectivity index (χ2n) is 5.10. The molecular weight excluding hydrogens is 264 g/mol. The number of phenolic OH excluding ortho intramolecular Hbond substituents is 1. The van der Waals surface area contributed by atoms with Gasteiger partial charge in [-0.3, -0.25) is 14.9 Å². The van der Waals surface area contributed by atoms with Crippen LogP contribution < -0.4 is 5.32 Å². The van der Waals surface area contributed by atoms with Gasteiger partial charge in [0.2, 0.25) is 0 Å². The van der Waals surface area contributed by atoms with E-state index in [4.69, 9.17) is 4.74 Å². The van der Waals surface area contributed by atoms with Gasteiger partial charge in [0.1, 0.15) is 0 Å². The van der Waals surface area contributed by atoms with E-state index in [9.17, 15) is 20.0 Å². The Morgan fingerprint density at radius 1 is 1.60 bits per heavy atom. The molecule has 1 saturated heterocycles. The second kappa shape index (κ2) is 5.09. The molecule has 0 saturated carbocycles. The minimum Gasteiger partial charge on any atom is -0.502 e. The van der Waals surface area contributed by atoms with Gasteiger partial charge < -0.3 is 15.2 Å². The van der Waals surface area contributed by atoms with Crippen molar-refractivity contribution in [1.82, 2.24) is 5.32 Å². The molecule has 1 aromatic rings. The fourth-order valence-corrected chi connectivity index (χ4v) is 2.15. The molecule has 0 spiro atoms. The van der Waals surface area contributed by atoms with E-state index in [1.165, 1.54) is 6.07 Å². The average Bonchev–Trinajstić information content (AvgIpc) is 2.68. The van der Waals surface area contributed by atoms with Crippen LogP contribution in [0, 0.1) is 10.1 Å². The molecule has 1 heterocycles. The minimum absolute atomic E-state index is 0.113. The molecule has 1 aliphatic rings. The van der Waals surface area contributed by atoms with Crippen LogP contribution in [0.2, 0.25) is 0 Å². The van der Waals surface area contributed by atoms with Crippen LogP contribution in [0.15, 0.2) is 18.2 Å². The number of hydrogen-bond acceptors (Lipinski definition) is 5. The molecule has 0 aromatic heterocycles. The first-order valence-electron chi connectivity index (χ1n) is 6.25. The van der Waals surface area contributed by atoms with Crippen LogP contribution in [-0.4, -0.2) is 34.2 Å². The van der Waals surface area contributed by atoms with Crippen molar-refractivity contribution in [2.75, 3.05) is 6.61 Å². The summed E-state index contributed by atoms with van der Waals surface area (Å²) in [6.07, 6.45) is 0.580. The van der Waals surface area contributed by atoms with Crippen LogP contribution in [0.1, 0.15) is 30.6 Å². The van der Waals surface area contributed by atoms with Gasteiger partial charge in [-0.25, -0.2) is 0 Å². The van der Waals surface area contributed by atoms with Crippen molar-refractivity contribution in [3.05, 3.63) is 33.9 Å². The number of nitro benzene ring substituents is 1. The molecule has 108 valence electrons. The molecule has 2 rings (SSSR count). The summed E-state index contributed by atoms with van der Waals surface area (Å²) in [6.45, 7) is 4.33. The van der Waals surface area contributed by atoms with E-state index in [1.54, 1.807) is 0 Å². The third-order valence-corrected chi connectivity index (χ3v) is 3.72. The van der Waals surface area contributed by atoms with E-state index in [0.717, 1.165) is 12.1 Å². The first-order chi connectivity index (χ1) is 9.33. The van der Waals surface area contributed by atoms with Gasteiger partial charge in [0.05, 0.1) is 16.6 Å². The maximum absolute atomic E-state index is 12.1. The molecule has 1 aliphatic heterocycles. The lowest BCUT2D eigenvalue weighted by molar-refractivity contribution is -0.385. The van der Waals surface area contributed by atoms with E-state index >= 15 is 0 Å². The quantitative estimate of drug-likeness (QED) is 0.646. The maximum Gasteiger partial charge on any atom is 0.310 e. The monoisotopic (exact) mass is 280 g/mol.